The van der Waals surface area contributed by atoms with Crippen molar-refractivity contribution < 1.29 is 4.79 Å². The van der Waals surface area contributed by atoms with Crippen molar-refractivity contribution in [3.8, 4) is 0 Å². The van der Waals surface area contributed by atoms with E-state index in [9.17, 15) is 4.79 Å². The number of hydrogen-bond donors (Lipinski definition) is 3. The molecule has 1 rings (SSSR count). The molecule has 1 aromatic heterocycles. The number of amidine groups is 1. The second-order valence-corrected chi connectivity index (χ2v) is 3.44. The topological polar surface area (TPSA) is 133 Å². The third-order valence-electron chi connectivity index (χ3n) is 1.39. The van der Waals surface area contributed by atoms with Crippen molar-refractivity contribution in [1.82, 2.24) is 9.97 Å². The summed E-state index contributed by atoms with van der Waals surface area (Å²) in [5.41, 5.74) is 16.1. The summed E-state index contributed by atoms with van der Waals surface area (Å²) in [5.74, 6) is -0.502. The van der Waals surface area contributed by atoms with Gasteiger partial charge in [0.15, 0.2) is 17.3 Å². The Balaban J connectivity index is 3.21. The highest BCUT2D eigenvalue weighted by Gasteiger charge is 2.14. The lowest BCUT2D eigenvalue weighted by Gasteiger charge is -2.02. The lowest BCUT2D eigenvalue weighted by Crippen LogP contribution is -2.13. The molecular weight excluding hydrogens is 264 g/mol. The number of carbonyl (C=O) groups excluding carboxylic acids is 1. The number of halogens is 1. The Hall–Kier alpha value is -1.70. The Morgan fingerprint density at radius 2 is 1.93 bits per heavy atom. The fourth-order valence-electron chi connectivity index (χ4n) is 0.812. The highest BCUT2D eigenvalue weighted by atomic mass is 79.9. The summed E-state index contributed by atoms with van der Waals surface area (Å²) in [7, 11) is 0. The Bertz CT molecular complexity index is 439. The van der Waals surface area contributed by atoms with Gasteiger partial charge in [-0.25, -0.2) is 9.97 Å². The smallest absolute Gasteiger partial charge is 0.301 e. The highest BCUT2D eigenvalue weighted by molar-refractivity contribution is 9.10. The number of aliphatic imine (C=N–C) groups is 1. The van der Waals surface area contributed by atoms with E-state index in [0.717, 1.165) is 0 Å². The maximum absolute atomic E-state index is 11.4. The fourth-order valence-corrected chi connectivity index (χ4v) is 1.08. The molecule has 0 aliphatic heterocycles. The molecule has 0 radical (unpaired) electrons. The summed E-state index contributed by atoms with van der Waals surface area (Å²) < 4.78 is 0.241. The second-order valence-electron chi connectivity index (χ2n) is 2.69. The van der Waals surface area contributed by atoms with Crippen molar-refractivity contribution in [2.75, 3.05) is 11.5 Å². The van der Waals surface area contributed by atoms with Gasteiger partial charge in [-0.3, -0.25) is 4.79 Å². The summed E-state index contributed by atoms with van der Waals surface area (Å²) in [6, 6.07) is 0. The van der Waals surface area contributed by atoms with Crippen LogP contribution in [-0.2, 0) is 0 Å². The average molecular weight is 273 g/mol. The average Bonchev–Trinajstić information content (AvgIpc) is 2.09. The lowest BCUT2D eigenvalue weighted by molar-refractivity contribution is 0.0998. The monoisotopic (exact) mass is 272 g/mol. The molecule has 15 heavy (non-hydrogen) atoms. The number of nitrogens with two attached hydrogens (primary N) is 3. The Labute approximate surface area is 93.9 Å². The first-order valence-corrected chi connectivity index (χ1v) is 4.64. The first kappa shape index (κ1) is 11.4. The molecule has 1 aromatic rings. The van der Waals surface area contributed by atoms with Gasteiger partial charge >= 0.3 is 5.91 Å². The molecule has 7 nitrogen and oxygen atoms in total. The van der Waals surface area contributed by atoms with E-state index >= 15 is 0 Å². The van der Waals surface area contributed by atoms with E-state index in [1.54, 1.807) is 0 Å². The molecule has 0 saturated carbocycles. The second kappa shape index (κ2) is 4.22. The number of amides is 1. The van der Waals surface area contributed by atoms with Gasteiger partial charge in [-0.05, 0) is 22.9 Å². The van der Waals surface area contributed by atoms with Crippen LogP contribution in [-0.4, -0.2) is 21.7 Å². The molecule has 0 aromatic carbocycles. The fraction of sp³-hybridized carbons (Fsp3) is 0.143. The van der Waals surface area contributed by atoms with Crippen molar-refractivity contribution in [2.45, 2.75) is 6.92 Å². The van der Waals surface area contributed by atoms with Crippen LogP contribution < -0.4 is 17.2 Å². The van der Waals surface area contributed by atoms with Crippen LogP contribution in [0.5, 0.6) is 0 Å². The van der Waals surface area contributed by atoms with Crippen molar-refractivity contribution in [3.05, 3.63) is 10.3 Å². The minimum absolute atomic E-state index is 0.0781. The zero-order valence-electron chi connectivity index (χ0n) is 7.86. The summed E-state index contributed by atoms with van der Waals surface area (Å²) in [4.78, 5) is 22.5. The van der Waals surface area contributed by atoms with Gasteiger partial charge < -0.3 is 17.2 Å². The molecule has 0 unspecified atom stereocenters. The Kier molecular flexibility index (Phi) is 3.20. The molecule has 0 aliphatic carbocycles. The van der Waals surface area contributed by atoms with Crippen LogP contribution in [0.3, 0.4) is 0 Å². The predicted molar refractivity (Wildman–Crippen MR) is 60.2 cm³/mol. The van der Waals surface area contributed by atoms with Crippen LogP contribution in [0.2, 0.25) is 0 Å². The number of carbonyl (C=O) groups is 1. The maximum atomic E-state index is 11.4. The Morgan fingerprint density at radius 1 is 1.33 bits per heavy atom. The molecule has 1 heterocycles. The number of hydrogen-bond acceptors (Lipinski definition) is 5. The molecule has 1 amide bonds. The van der Waals surface area contributed by atoms with E-state index in [0.29, 0.717) is 0 Å². The van der Waals surface area contributed by atoms with E-state index in [1.807, 2.05) is 0 Å². The summed E-state index contributed by atoms with van der Waals surface area (Å²) in [5, 5.41) is 0. The van der Waals surface area contributed by atoms with E-state index < -0.39 is 5.91 Å². The van der Waals surface area contributed by atoms with Gasteiger partial charge in [-0.2, -0.15) is 4.99 Å². The van der Waals surface area contributed by atoms with Gasteiger partial charge in [-0.15, -0.1) is 0 Å². The first-order valence-electron chi connectivity index (χ1n) is 3.85. The quantitative estimate of drug-likeness (QED) is 0.484. The van der Waals surface area contributed by atoms with Crippen LogP contribution in [0.4, 0.5) is 11.6 Å². The molecule has 0 fully saturated rings. The van der Waals surface area contributed by atoms with E-state index in [2.05, 4.69) is 30.9 Å². The number of nitrogen functional groups attached to an aromatic ring is 2. The molecule has 0 saturated heterocycles. The number of anilines is 2. The molecule has 8 heteroatoms. The summed E-state index contributed by atoms with van der Waals surface area (Å²) in [6.07, 6.45) is 0. The van der Waals surface area contributed by atoms with Crippen molar-refractivity contribution in [3.63, 3.8) is 0 Å². The van der Waals surface area contributed by atoms with Gasteiger partial charge in [0.25, 0.3) is 0 Å². The van der Waals surface area contributed by atoms with E-state index in [-0.39, 0.29) is 27.8 Å². The summed E-state index contributed by atoms with van der Waals surface area (Å²) in [6.45, 7) is 1.48. The van der Waals surface area contributed by atoms with Crippen molar-refractivity contribution in [2.24, 2.45) is 10.7 Å². The number of nitrogens with zero attached hydrogens (tertiary/aromatic N) is 3. The van der Waals surface area contributed by atoms with Gasteiger partial charge in [0.1, 0.15) is 10.4 Å². The van der Waals surface area contributed by atoms with Crippen LogP contribution in [0, 0.1) is 0 Å². The molecule has 0 aliphatic rings. The third kappa shape index (κ3) is 2.62. The standard InChI is InChI=1S/C7H9BrN6O/c1-2(9)12-7(15)3-5(10)14-6(11)4(8)13-3/h1H3,(H2,9,12,15)(H4,10,11,14). The third-order valence-corrected chi connectivity index (χ3v) is 1.97. The molecule has 0 spiro atoms. The van der Waals surface area contributed by atoms with E-state index in [1.165, 1.54) is 6.92 Å². The Morgan fingerprint density at radius 3 is 2.47 bits per heavy atom. The zero-order chi connectivity index (χ0) is 11.6. The first-order chi connectivity index (χ1) is 6.91. The number of rotatable bonds is 1. The zero-order valence-corrected chi connectivity index (χ0v) is 9.45. The largest absolute Gasteiger partial charge is 0.387 e. The SMILES string of the molecule is CC(N)=NC(=O)c1nc(Br)c(N)nc1N. The van der Waals surface area contributed by atoms with Gasteiger partial charge in [-0.1, -0.05) is 0 Å². The minimum Gasteiger partial charge on any atom is -0.387 e. The summed E-state index contributed by atoms with van der Waals surface area (Å²) >= 11 is 3.03. The molecule has 6 N–H and O–H groups in total. The lowest BCUT2D eigenvalue weighted by atomic mass is 10.4. The minimum atomic E-state index is -0.652. The number of aromatic nitrogens is 2. The van der Waals surface area contributed by atoms with Gasteiger partial charge in [0.05, 0.1) is 0 Å². The normalized spacial score (nSPS) is 11.5. The van der Waals surface area contributed by atoms with Crippen molar-refractivity contribution >= 4 is 39.3 Å². The van der Waals surface area contributed by atoms with Crippen LogP contribution in [0.25, 0.3) is 0 Å². The van der Waals surface area contributed by atoms with Gasteiger partial charge in [0.2, 0.25) is 0 Å². The van der Waals surface area contributed by atoms with E-state index in [4.69, 9.17) is 17.2 Å². The maximum Gasteiger partial charge on any atom is 0.301 e. The molecule has 0 atom stereocenters. The van der Waals surface area contributed by atoms with Gasteiger partial charge in [0, 0.05) is 0 Å². The van der Waals surface area contributed by atoms with Crippen LogP contribution in [0.15, 0.2) is 9.60 Å². The molecule has 0 bridgehead atoms. The molecule has 80 valence electrons. The van der Waals surface area contributed by atoms with Crippen LogP contribution >= 0.6 is 15.9 Å². The van der Waals surface area contributed by atoms with Crippen LogP contribution in [0.1, 0.15) is 17.4 Å². The predicted octanol–water partition coefficient (Wildman–Crippen LogP) is -0.0792. The molecular formula is C7H9BrN6O. The highest BCUT2D eigenvalue weighted by Crippen LogP contribution is 2.18. The van der Waals surface area contributed by atoms with Crippen molar-refractivity contribution in [1.29, 1.82) is 0 Å².